The lowest BCUT2D eigenvalue weighted by molar-refractivity contribution is -0.144. The monoisotopic (exact) mass is 272 g/mol. The highest BCUT2D eigenvalue weighted by molar-refractivity contribution is 5.71. The van der Waals surface area contributed by atoms with E-state index in [1.807, 2.05) is 30.3 Å². The van der Waals surface area contributed by atoms with Gasteiger partial charge in [-0.3, -0.25) is 10.2 Å². The van der Waals surface area contributed by atoms with Crippen LogP contribution in [0.25, 0.3) is 0 Å². The normalized spacial score (nSPS) is 11.3. The number of esters is 1. The molecule has 0 saturated carbocycles. The van der Waals surface area contributed by atoms with Crippen molar-refractivity contribution >= 4 is 5.97 Å². The molecule has 0 fully saturated rings. The molecule has 0 unspecified atom stereocenters. The van der Waals surface area contributed by atoms with Crippen LogP contribution >= 0.6 is 0 Å². The summed E-state index contributed by atoms with van der Waals surface area (Å²) in [6, 6.07) is 9.28. The van der Waals surface area contributed by atoms with Crippen LogP contribution in [-0.4, -0.2) is 25.0 Å². The second kappa shape index (κ2) is 7.81. The number of nitrogens with one attached hydrogen (secondary N) is 2. The Morgan fingerprint density at radius 2 is 1.95 bits per heavy atom. The summed E-state index contributed by atoms with van der Waals surface area (Å²) in [5, 5.41) is 0. The van der Waals surface area contributed by atoms with E-state index in [2.05, 4.69) is 10.9 Å². The van der Waals surface area contributed by atoms with Crippen molar-refractivity contribution in [1.82, 2.24) is 10.9 Å². The molecule has 0 aromatic heterocycles. The van der Waals surface area contributed by atoms with Gasteiger partial charge in [-0.1, -0.05) is 30.3 Å². The molecule has 1 aromatic rings. The highest BCUT2D eigenvalue weighted by Crippen LogP contribution is 2.14. The third-order valence-corrected chi connectivity index (χ3v) is 2.29. The number of alkyl halides is 2. The molecule has 106 valence electrons. The Bertz CT molecular complexity index is 380. The minimum absolute atomic E-state index is 0.0673. The zero-order chi connectivity index (χ0) is 14.1. The number of hydrazine groups is 1. The second-order valence-corrected chi connectivity index (χ2v) is 4.25. The largest absolute Gasteiger partial charge is 0.460 e. The van der Waals surface area contributed by atoms with Crippen molar-refractivity contribution in [2.75, 3.05) is 13.1 Å². The van der Waals surface area contributed by atoms with Crippen LogP contribution in [-0.2, 0) is 16.1 Å². The van der Waals surface area contributed by atoms with Gasteiger partial charge in [-0.2, -0.15) is 0 Å². The van der Waals surface area contributed by atoms with E-state index in [9.17, 15) is 13.6 Å². The van der Waals surface area contributed by atoms with Crippen molar-refractivity contribution in [2.24, 2.45) is 0 Å². The molecule has 2 N–H and O–H groups in total. The lowest BCUT2D eigenvalue weighted by Crippen LogP contribution is -2.38. The van der Waals surface area contributed by atoms with Crippen LogP contribution in [0.1, 0.15) is 18.9 Å². The average Bonchev–Trinajstić information content (AvgIpc) is 2.36. The number of hydrogen-bond acceptors (Lipinski definition) is 4. The minimum Gasteiger partial charge on any atom is -0.460 e. The molecule has 0 saturated heterocycles. The number of ether oxygens (including phenoxy) is 1. The first kappa shape index (κ1) is 15.5. The maximum absolute atomic E-state index is 12.5. The maximum Gasteiger partial charge on any atom is 0.321 e. The van der Waals surface area contributed by atoms with Crippen molar-refractivity contribution < 1.29 is 18.3 Å². The van der Waals surface area contributed by atoms with E-state index >= 15 is 0 Å². The number of rotatable bonds is 8. The Morgan fingerprint density at radius 1 is 1.26 bits per heavy atom. The van der Waals surface area contributed by atoms with Crippen LogP contribution in [0.2, 0.25) is 0 Å². The molecule has 1 rings (SSSR count). The van der Waals surface area contributed by atoms with Gasteiger partial charge in [-0.15, -0.1) is 0 Å². The molecular formula is C13H18F2N2O2. The molecule has 0 bridgehead atoms. The molecule has 4 nitrogen and oxygen atoms in total. The highest BCUT2D eigenvalue weighted by Gasteiger charge is 2.19. The molecule has 6 heteroatoms. The maximum atomic E-state index is 12.5. The smallest absolute Gasteiger partial charge is 0.321 e. The van der Waals surface area contributed by atoms with Crippen LogP contribution < -0.4 is 10.9 Å². The van der Waals surface area contributed by atoms with Gasteiger partial charge in [0.1, 0.15) is 13.2 Å². The Hall–Kier alpha value is -1.53. The zero-order valence-corrected chi connectivity index (χ0v) is 10.8. The Morgan fingerprint density at radius 3 is 2.58 bits per heavy atom. The van der Waals surface area contributed by atoms with Gasteiger partial charge in [0.15, 0.2) is 0 Å². The molecule has 19 heavy (non-hydrogen) atoms. The van der Waals surface area contributed by atoms with Gasteiger partial charge < -0.3 is 4.74 Å². The van der Waals surface area contributed by atoms with Gasteiger partial charge in [0.05, 0.1) is 0 Å². The topological polar surface area (TPSA) is 50.4 Å². The summed E-state index contributed by atoms with van der Waals surface area (Å²) in [5.74, 6) is -3.15. The molecular weight excluding hydrogens is 254 g/mol. The first-order valence-electron chi connectivity index (χ1n) is 6.00. The number of benzene rings is 1. The zero-order valence-electron chi connectivity index (χ0n) is 10.8. The highest BCUT2D eigenvalue weighted by atomic mass is 19.3. The van der Waals surface area contributed by atoms with E-state index in [1.54, 1.807) is 0 Å². The average molecular weight is 272 g/mol. The third kappa shape index (κ3) is 8.23. The van der Waals surface area contributed by atoms with Gasteiger partial charge in [-0.25, -0.2) is 14.2 Å². The van der Waals surface area contributed by atoms with Gasteiger partial charge in [0.2, 0.25) is 5.92 Å². The Labute approximate surface area is 111 Å². The first-order chi connectivity index (χ1) is 8.97. The Kier molecular flexibility index (Phi) is 6.38. The Balaban J connectivity index is 2.06. The SMILES string of the molecule is CC(F)(F)CCNNCC(=O)OCc1ccccc1. The number of carbonyl (C=O) groups excluding carboxylic acids is 1. The predicted octanol–water partition coefficient (Wildman–Crippen LogP) is 1.87. The second-order valence-electron chi connectivity index (χ2n) is 4.25. The van der Waals surface area contributed by atoms with Crippen molar-refractivity contribution in [3.63, 3.8) is 0 Å². The number of carbonyl (C=O) groups is 1. The van der Waals surface area contributed by atoms with Crippen molar-refractivity contribution in [3.8, 4) is 0 Å². The summed E-state index contributed by atoms with van der Waals surface area (Å²) in [6.45, 7) is 1.06. The van der Waals surface area contributed by atoms with Crippen molar-refractivity contribution in [2.45, 2.75) is 25.9 Å². The summed E-state index contributed by atoms with van der Waals surface area (Å²) in [5.41, 5.74) is 5.97. The number of halogens is 2. The van der Waals surface area contributed by atoms with E-state index < -0.39 is 11.9 Å². The fourth-order valence-electron chi connectivity index (χ4n) is 1.29. The molecule has 1 aromatic carbocycles. The third-order valence-electron chi connectivity index (χ3n) is 2.29. The lowest BCUT2D eigenvalue weighted by Gasteiger charge is -2.11. The van der Waals surface area contributed by atoms with Crippen LogP contribution in [0.4, 0.5) is 8.78 Å². The fourth-order valence-corrected chi connectivity index (χ4v) is 1.29. The van der Waals surface area contributed by atoms with E-state index in [1.165, 1.54) is 0 Å². The quantitative estimate of drug-likeness (QED) is 0.431. The number of hydrogen-bond donors (Lipinski definition) is 2. The predicted molar refractivity (Wildman–Crippen MR) is 67.5 cm³/mol. The molecule has 0 spiro atoms. The van der Waals surface area contributed by atoms with E-state index in [-0.39, 0.29) is 26.1 Å². The molecule has 0 radical (unpaired) electrons. The summed E-state index contributed by atoms with van der Waals surface area (Å²) >= 11 is 0. The molecule has 0 aliphatic carbocycles. The summed E-state index contributed by atoms with van der Waals surface area (Å²) < 4.78 is 29.9. The van der Waals surface area contributed by atoms with Gasteiger partial charge in [-0.05, 0) is 12.5 Å². The van der Waals surface area contributed by atoms with Crippen LogP contribution in [0.15, 0.2) is 30.3 Å². The molecule has 0 heterocycles. The van der Waals surface area contributed by atoms with E-state index in [0.717, 1.165) is 12.5 Å². The van der Waals surface area contributed by atoms with Gasteiger partial charge in [0, 0.05) is 13.0 Å². The van der Waals surface area contributed by atoms with Crippen LogP contribution in [0.5, 0.6) is 0 Å². The van der Waals surface area contributed by atoms with Crippen molar-refractivity contribution in [3.05, 3.63) is 35.9 Å². The molecule has 0 aliphatic rings. The molecule has 0 amide bonds. The van der Waals surface area contributed by atoms with E-state index in [4.69, 9.17) is 4.74 Å². The summed E-state index contributed by atoms with van der Waals surface area (Å²) in [6.07, 6.45) is -0.293. The minimum atomic E-state index is -2.71. The summed E-state index contributed by atoms with van der Waals surface area (Å²) in [4.78, 5) is 11.3. The fraction of sp³-hybridized carbons (Fsp3) is 0.462. The van der Waals surface area contributed by atoms with Gasteiger partial charge in [0.25, 0.3) is 0 Å². The van der Waals surface area contributed by atoms with Crippen LogP contribution in [0.3, 0.4) is 0 Å². The van der Waals surface area contributed by atoms with Crippen molar-refractivity contribution in [1.29, 1.82) is 0 Å². The standard InChI is InChI=1S/C13H18F2N2O2/c1-13(14,15)7-8-16-17-9-12(18)19-10-11-5-3-2-4-6-11/h2-6,16-17H,7-10H2,1H3. The van der Waals surface area contributed by atoms with Crippen LogP contribution in [0, 0.1) is 0 Å². The first-order valence-corrected chi connectivity index (χ1v) is 6.00. The molecule has 0 atom stereocenters. The van der Waals surface area contributed by atoms with Gasteiger partial charge >= 0.3 is 5.97 Å². The summed E-state index contributed by atoms with van der Waals surface area (Å²) in [7, 11) is 0. The lowest BCUT2D eigenvalue weighted by atomic mass is 10.2. The van der Waals surface area contributed by atoms with E-state index in [0.29, 0.717) is 0 Å². The molecule has 0 aliphatic heterocycles.